The molecule has 1 saturated heterocycles. The van der Waals surface area contributed by atoms with E-state index in [1.54, 1.807) is 16.8 Å². The van der Waals surface area contributed by atoms with Crippen LogP contribution in [0.2, 0.25) is 0 Å². The molecule has 3 rings (SSSR count). The highest BCUT2D eigenvalue weighted by atomic mass is 19.1. The third-order valence-corrected chi connectivity index (χ3v) is 3.77. The van der Waals surface area contributed by atoms with Gasteiger partial charge in [0.25, 0.3) is 0 Å². The van der Waals surface area contributed by atoms with Crippen LogP contribution in [0.25, 0.3) is 10.9 Å². The second-order valence-corrected chi connectivity index (χ2v) is 5.53. The molecule has 7 heteroatoms. The molecular weight excluding hydrogens is 292 g/mol. The van der Waals surface area contributed by atoms with Gasteiger partial charge in [0.05, 0.1) is 5.52 Å². The molecule has 0 saturated carbocycles. The summed E-state index contributed by atoms with van der Waals surface area (Å²) in [7, 11) is 0. The number of carbonyl (C=O) groups is 2. The second kappa shape index (κ2) is 5.08. The fraction of sp³-hybridized carbons (Fsp3) is 0.333. The zero-order chi connectivity index (χ0) is 16.0. The van der Waals surface area contributed by atoms with E-state index in [9.17, 15) is 18.4 Å². The number of aromatic nitrogens is 1. The van der Waals surface area contributed by atoms with Crippen LogP contribution < -0.4 is 10.2 Å². The number of urea groups is 1. The fourth-order valence-electron chi connectivity index (χ4n) is 2.69. The van der Waals surface area contributed by atoms with Gasteiger partial charge in [0.15, 0.2) is 11.6 Å². The number of benzene rings is 1. The molecule has 0 atom stereocenters. The van der Waals surface area contributed by atoms with Gasteiger partial charge in [0.2, 0.25) is 5.91 Å². The van der Waals surface area contributed by atoms with Crippen molar-refractivity contribution in [2.24, 2.45) is 0 Å². The van der Waals surface area contributed by atoms with E-state index >= 15 is 0 Å². The van der Waals surface area contributed by atoms with Crippen LogP contribution in [0.4, 0.5) is 19.3 Å². The first-order valence-corrected chi connectivity index (χ1v) is 7.00. The van der Waals surface area contributed by atoms with Gasteiger partial charge in [-0.3, -0.25) is 15.0 Å². The van der Waals surface area contributed by atoms with E-state index in [2.05, 4.69) is 5.32 Å². The van der Waals surface area contributed by atoms with Gasteiger partial charge >= 0.3 is 6.03 Å². The smallest absolute Gasteiger partial charge is 0.328 e. The van der Waals surface area contributed by atoms with Gasteiger partial charge in [-0.1, -0.05) is 0 Å². The summed E-state index contributed by atoms with van der Waals surface area (Å²) in [5.74, 6) is -2.07. The molecule has 116 valence electrons. The van der Waals surface area contributed by atoms with Crippen LogP contribution in [0, 0.1) is 11.6 Å². The second-order valence-electron chi connectivity index (χ2n) is 5.53. The summed E-state index contributed by atoms with van der Waals surface area (Å²) >= 11 is 0. The lowest BCUT2D eigenvalue weighted by molar-refractivity contribution is -0.120. The van der Waals surface area contributed by atoms with Gasteiger partial charge < -0.3 is 4.57 Å². The van der Waals surface area contributed by atoms with Crippen molar-refractivity contribution in [3.63, 3.8) is 0 Å². The Balaban J connectivity index is 2.15. The fourth-order valence-corrected chi connectivity index (χ4v) is 2.69. The Morgan fingerprint density at radius 1 is 1.27 bits per heavy atom. The van der Waals surface area contributed by atoms with E-state index in [4.69, 9.17) is 0 Å². The van der Waals surface area contributed by atoms with Gasteiger partial charge in [0.1, 0.15) is 5.69 Å². The lowest BCUT2D eigenvalue weighted by Gasteiger charge is -2.27. The van der Waals surface area contributed by atoms with Crippen molar-refractivity contribution in [1.29, 1.82) is 0 Å². The minimum Gasteiger partial charge on any atom is -0.345 e. The Hall–Kier alpha value is -2.44. The van der Waals surface area contributed by atoms with Crippen LogP contribution in [-0.4, -0.2) is 23.1 Å². The average molecular weight is 307 g/mol. The van der Waals surface area contributed by atoms with E-state index in [1.807, 2.05) is 13.8 Å². The molecule has 1 aromatic carbocycles. The first-order valence-electron chi connectivity index (χ1n) is 7.00. The van der Waals surface area contributed by atoms with Crippen molar-refractivity contribution in [3.05, 3.63) is 30.0 Å². The number of fused-ring (bicyclic) bond motifs is 1. The molecule has 0 aliphatic carbocycles. The third-order valence-electron chi connectivity index (χ3n) is 3.77. The Bertz CT molecular complexity index is 783. The quantitative estimate of drug-likeness (QED) is 0.927. The van der Waals surface area contributed by atoms with Gasteiger partial charge in [0, 0.05) is 36.7 Å². The summed E-state index contributed by atoms with van der Waals surface area (Å²) in [4.78, 5) is 23.9. The van der Waals surface area contributed by atoms with E-state index in [-0.39, 0.29) is 24.4 Å². The molecule has 2 aromatic rings. The number of imide groups is 1. The molecule has 0 radical (unpaired) electrons. The van der Waals surface area contributed by atoms with Crippen LogP contribution in [0.3, 0.4) is 0 Å². The van der Waals surface area contributed by atoms with Gasteiger partial charge in [-0.2, -0.15) is 0 Å². The maximum absolute atomic E-state index is 14.7. The number of amides is 3. The highest BCUT2D eigenvalue weighted by Crippen LogP contribution is 2.33. The molecule has 3 amide bonds. The van der Waals surface area contributed by atoms with Crippen LogP contribution in [0.5, 0.6) is 0 Å². The monoisotopic (exact) mass is 307 g/mol. The number of carbonyl (C=O) groups excluding carboxylic acids is 2. The molecule has 1 fully saturated rings. The summed E-state index contributed by atoms with van der Waals surface area (Å²) in [6.45, 7) is 3.77. The van der Waals surface area contributed by atoms with Crippen molar-refractivity contribution in [2.75, 3.05) is 11.4 Å². The van der Waals surface area contributed by atoms with Crippen molar-refractivity contribution >= 4 is 28.5 Å². The van der Waals surface area contributed by atoms with Gasteiger partial charge in [-0.25, -0.2) is 13.6 Å². The Kier molecular flexibility index (Phi) is 3.35. The molecule has 0 bridgehead atoms. The van der Waals surface area contributed by atoms with Crippen LogP contribution in [-0.2, 0) is 4.79 Å². The highest BCUT2D eigenvalue weighted by molar-refractivity contribution is 6.06. The Morgan fingerprint density at radius 3 is 2.64 bits per heavy atom. The third kappa shape index (κ3) is 2.13. The number of nitrogens with one attached hydrogen (secondary N) is 1. The number of hydrogen-bond acceptors (Lipinski definition) is 2. The van der Waals surface area contributed by atoms with Crippen LogP contribution in [0.1, 0.15) is 26.3 Å². The highest BCUT2D eigenvalue weighted by Gasteiger charge is 2.30. The SMILES string of the molecule is CC(C)n1ccc2c(F)c(N3CCC(=O)NC3=O)c(F)cc21. The van der Waals surface area contributed by atoms with E-state index in [0.717, 1.165) is 4.90 Å². The van der Waals surface area contributed by atoms with E-state index in [1.165, 1.54) is 6.07 Å². The van der Waals surface area contributed by atoms with Crippen molar-refractivity contribution in [2.45, 2.75) is 26.3 Å². The predicted molar refractivity (Wildman–Crippen MR) is 77.7 cm³/mol. The van der Waals surface area contributed by atoms with Crippen molar-refractivity contribution in [1.82, 2.24) is 9.88 Å². The lowest BCUT2D eigenvalue weighted by Crippen LogP contribution is -2.50. The molecule has 5 nitrogen and oxygen atoms in total. The van der Waals surface area contributed by atoms with Gasteiger partial charge in [-0.15, -0.1) is 0 Å². The van der Waals surface area contributed by atoms with Gasteiger partial charge in [-0.05, 0) is 19.9 Å². The number of hydrogen-bond donors (Lipinski definition) is 1. The zero-order valence-corrected chi connectivity index (χ0v) is 12.2. The summed E-state index contributed by atoms with van der Waals surface area (Å²) in [6.07, 6.45) is 1.69. The molecule has 2 heterocycles. The number of halogens is 2. The topological polar surface area (TPSA) is 54.3 Å². The molecule has 1 aromatic heterocycles. The standard InChI is InChI=1S/C15H15F2N3O2/c1-8(2)19-5-3-9-11(19)7-10(16)14(13(9)17)20-6-4-12(21)18-15(20)22/h3,5,7-8H,4,6H2,1-2H3,(H,18,21,22). The molecule has 22 heavy (non-hydrogen) atoms. The minimum atomic E-state index is -0.824. The lowest BCUT2D eigenvalue weighted by atomic mass is 10.1. The van der Waals surface area contributed by atoms with Crippen LogP contribution >= 0.6 is 0 Å². The zero-order valence-electron chi connectivity index (χ0n) is 12.2. The Labute approximate surface area is 125 Å². The summed E-state index contributed by atoms with van der Waals surface area (Å²) in [5, 5.41) is 2.31. The number of rotatable bonds is 2. The number of anilines is 1. The molecule has 1 aliphatic heterocycles. The van der Waals surface area contributed by atoms with E-state index < -0.39 is 29.3 Å². The molecule has 1 N–H and O–H groups in total. The maximum Gasteiger partial charge on any atom is 0.328 e. The normalized spacial score (nSPS) is 15.8. The average Bonchev–Trinajstić information content (AvgIpc) is 2.85. The molecular formula is C15H15F2N3O2. The van der Waals surface area contributed by atoms with Crippen molar-refractivity contribution in [3.8, 4) is 0 Å². The minimum absolute atomic E-state index is 0.00959. The first-order chi connectivity index (χ1) is 10.4. The van der Waals surface area contributed by atoms with Crippen molar-refractivity contribution < 1.29 is 18.4 Å². The maximum atomic E-state index is 14.7. The van der Waals surface area contributed by atoms with E-state index in [0.29, 0.717) is 5.52 Å². The molecule has 0 spiro atoms. The predicted octanol–water partition coefficient (Wildman–Crippen LogP) is 2.95. The molecule has 1 aliphatic rings. The largest absolute Gasteiger partial charge is 0.345 e. The molecule has 0 unspecified atom stereocenters. The summed E-state index contributed by atoms with van der Waals surface area (Å²) in [6, 6.07) is 2.02. The first kappa shape index (κ1) is 14.5. The summed E-state index contributed by atoms with van der Waals surface area (Å²) < 4.78 is 30.9. The summed E-state index contributed by atoms with van der Waals surface area (Å²) in [5.41, 5.74) is 0.0150. The Morgan fingerprint density at radius 2 is 2.00 bits per heavy atom. The van der Waals surface area contributed by atoms with Crippen LogP contribution in [0.15, 0.2) is 18.3 Å². The number of nitrogens with zero attached hydrogens (tertiary/aromatic N) is 2.